The van der Waals surface area contributed by atoms with Crippen LogP contribution in [0.1, 0.15) is 5.56 Å². The number of hydrogen-bond acceptors (Lipinski definition) is 4. The van der Waals surface area contributed by atoms with E-state index in [1.165, 1.54) is 18.2 Å². The van der Waals surface area contributed by atoms with Crippen LogP contribution in [-0.4, -0.2) is 4.92 Å². The van der Waals surface area contributed by atoms with E-state index in [0.29, 0.717) is 5.56 Å². The highest BCUT2D eigenvalue weighted by atomic mass is 19.1. The van der Waals surface area contributed by atoms with Crippen LogP contribution in [0.5, 0.6) is 0 Å². The molecule has 0 atom stereocenters. The topological polar surface area (TPSA) is 81.2 Å². The predicted molar refractivity (Wildman–Crippen MR) is 71.2 cm³/mol. The molecule has 5 nitrogen and oxygen atoms in total. The lowest BCUT2D eigenvalue weighted by Gasteiger charge is -2.09. The molecule has 0 fully saturated rings. The molecule has 3 N–H and O–H groups in total. The molecule has 2 aromatic carbocycles. The molecule has 0 unspecified atom stereocenters. The highest BCUT2D eigenvalue weighted by Crippen LogP contribution is 2.30. The van der Waals surface area contributed by atoms with Crippen LogP contribution in [0.25, 0.3) is 0 Å². The molecule has 0 aliphatic carbocycles. The number of hydrogen-bond donors (Lipinski definition) is 2. The van der Waals surface area contributed by atoms with E-state index in [9.17, 15) is 14.5 Å². The Bertz CT molecular complexity index is 617. The van der Waals surface area contributed by atoms with E-state index in [2.05, 4.69) is 5.32 Å². The van der Waals surface area contributed by atoms with Crippen LogP contribution < -0.4 is 11.1 Å². The number of nitro benzene ring substituents is 1. The van der Waals surface area contributed by atoms with E-state index in [1.54, 1.807) is 24.3 Å². The molecule has 98 valence electrons. The minimum atomic E-state index is -0.557. The molecule has 2 aromatic rings. The van der Waals surface area contributed by atoms with E-state index in [1.807, 2.05) is 0 Å². The van der Waals surface area contributed by atoms with Crippen LogP contribution in [0.15, 0.2) is 42.5 Å². The zero-order valence-corrected chi connectivity index (χ0v) is 9.97. The molecule has 0 bridgehead atoms. The van der Waals surface area contributed by atoms with Gasteiger partial charge in [0.05, 0.1) is 4.92 Å². The molecule has 0 spiro atoms. The summed E-state index contributed by atoms with van der Waals surface area (Å²) < 4.78 is 13.4. The number of nitro groups is 1. The molecule has 6 heteroatoms. The van der Waals surface area contributed by atoms with Crippen molar-refractivity contribution in [3.63, 3.8) is 0 Å². The van der Waals surface area contributed by atoms with Gasteiger partial charge in [-0.3, -0.25) is 10.1 Å². The van der Waals surface area contributed by atoms with Gasteiger partial charge < -0.3 is 11.1 Å². The summed E-state index contributed by atoms with van der Waals surface area (Å²) in [6, 6.07) is 10.8. The molecule has 2 rings (SSSR count). The van der Waals surface area contributed by atoms with Crippen molar-refractivity contribution in [2.24, 2.45) is 0 Å². The van der Waals surface area contributed by atoms with Gasteiger partial charge >= 0.3 is 5.69 Å². The Labute approximate surface area is 109 Å². The SMILES string of the molecule is Nc1cccc(NCc2ccccc2F)c1[N+](=O)[O-]. The van der Waals surface area contributed by atoms with Crippen molar-refractivity contribution >= 4 is 17.1 Å². The van der Waals surface area contributed by atoms with Crippen LogP contribution in [0.3, 0.4) is 0 Å². The molecule has 0 amide bonds. The molecule has 0 saturated heterocycles. The number of benzene rings is 2. The van der Waals surface area contributed by atoms with Crippen molar-refractivity contribution < 1.29 is 9.31 Å². The zero-order chi connectivity index (χ0) is 13.8. The number of nitrogens with two attached hydrogens (primary N) is 1. The molecule has 0 aliphatic rings. The van der Waals surface area contributed by atoms with Crippen molar-refractivity contribution in [1.29, 1.82) is 0 Å². The first-order valence-electron chi connectivity index (χ1n) is 5.59. The third-order valence-electron chi connectivity index (χ3n) is 2.68. The average molecular weight is 261 g/mol. The summed E-state index contributed by atoms with van der Waals surface area (Å²) in [7, 11) is 0. The van der Waals surface area contributed by atoms with Crippen LogP contribution in [-0.2, 0) is 6.54 Å². The van der Waals surface area contributed by atoms with Gasteiger partial charge in [-0.25, -0.2) is 4.39 Å². The van der Waals surface area contributed by atoms with E-state index >= 15 is 0 Å². The van der Waals surface area contributed by atoms with Gasteiger partial charge in [0.2, 0.25) is 0 Å². The van der Waals surface area contributed by atoms with Gasteiger partial charge in [-0.2, -0.15) is 0 Å². The minimum Gasteiger partial charge on any atom is -0.393 e. The lowest BCUT2D eigenvalue weighted by atomic mass is 10.2. The van der Waals surface area contributed by atoms with Gasteiger partial charge in [0.15, 0.2) is 0 Å². The van der Waals surface area contributed by atoms with Crippen LogP contribution in [0.2, 0.25) is 0 Å². The number of nitrogens with one attached hydrogen (secondary N) is 1. The summed E-state index contributed by atoms with van der Waals surface area (Å²) in [6.07, 6.45) is 0. The normalized spacial score (nSPS) is 10.2. The lowest BCUT2D eigenvalue weighted by Crippen LogP contribution is -2.05. The van der Waals surface area contributed by atoms with Crippen molar-refractivity contribution in [2.75, 3.05) is 11.1 Å². The number of rotatable bonds is 4. The van der Waals surface area contributed by atoms with E-state index in [-0.39, 0.29) is 29.4 Å². The van der Waals surface area contributed by atoms with Gasteiger partial charge in [-0.1, -0.05) is 24.3 Å². The summed E-state index contributed by atoms with van der Waals surface area (Å²) in [5, 5.41) is 13.8. The second kappa shape index (κ2) is 5.34. The van der Waals surface area contributed by atoms with Crippen LogP contribution in [0.4, 0.5) is 21.5 Å². The lowest BCUT2D eigenvalue weighted by molar-refractivity contribution is -0.383. The summed E-state index contributed by atoms with van der Waals surface area (Å²) in [4.78, 5) is 10.4. The van der Waals surface area contributed by atoms with Crippen molar-refractivity contribution in [3.8, 4) is 0 Å². The zero-order valence-electron chi connectivity index (χ0n) is 9.97. The first-order valence-corrected chi connectivity index (χ1v) is 5.59. The molecular formula is C13H12FN3O2. The third-order valence-corrected chi connectivity index (χ3v) is 2.68. The molecule has 0 saturated carbocycles. The number of nitrogen functional groups attached to an aromatic ring is 1. The fourth-order valence-corrected chi connectivity index (χ4v) is 1.74. The Morgan fingerprint density at radius 3 is 2.63 bits per heavy atom. The Morgan fingerprint density at radius 1 is 1.21 bits per heavy atom. The minimum absolute atomic E-state index is 0.0727. The van der Waals surface area contributed by atoms with Gasteiger partial charge in [0.25, 0.3) is 0 Å². The fraction of sp³-hybridized carbons (Fsp3) is 0.0769. The summed E-state index contributed by atoms with van der Waals surface area (Å²) in [5.74, 6) is -0.360. The molecular weight excluding hydrogens is 249 g/mol. The van der Waals surface area contributed by atoms with Gasteiger partial charge in [-0.05, 0) is 18.2 Å². The third kappa shape index (κ3) is 2.79. The molecule has 0 aromatic heterocycles. The van der Waals surface area contributed by atoms with Crippen molar-refractivity contribution in [3.05, 3.63) is 64.0 Å². The predicted octanol–water partition coefficient (Wildman–Crippen LogP) is 2.93. The summed E-state index contributed by atoms with van der Waals surface area (Å²) in [5.41, 5.74) is 6.14. The monoisotopic (exact) mass is 261 g/mol. The maximum Gasteiger partial charge on any atom is 0.314 e. The second-order valence-electron chi connectivity index (χ2n) is 3.95. The first-order chi connectivity index (χ1) is 9.09. The van der Waals surface area contributed by atoms with Crippen molar-refractivity contribution in [2.45, 2.75) is 6.54 Å². The molecule has 19 heavy (non-hydrogen) atoms. The summed E-state index contributed by atoms with van der Waals surface area (Å²) >= 11 is 0. The maximum atomic E-state index is 13.4. The average Bonchev–Trinajstić information content (AvgIpc) is 2.37. The maximum absolute atomic E-state index is 13.4. The van der Waals surface area contributed by atoms with Gasteiger partial charge in [-0.15, -0.1) is 0 Å². The standard InChI is InChI=1S/C13H12FN3O2/c14-10-5-2-1-4-9(10)8-16-12-7-3-6-11(15)13(12)17(18)19/h1-7,16H,8,15H2. The summed E-state index contributed by atoms with van der Waals surface area (Å²) in [6.45, 7) is 0.150. The Balaban J connectivity index is 2.23. The van der Waals surface area contributed by atoms with Crippen LogP contribution in [0, 0.1) is 15.9 Å². The smallest absolute Gasteiger partial charge is 0.314 e. The highest BCUT2D eigenvalue weighted by Gasteiger charge is 2.17. The number of anilines is 2. The second-order valence-corrected chi connectivity index (χ2v) is 3.95. The number of para-hydroxylation sites is 1. The highest BCUT2D eigenvalue weighted by molar-refractivity contribution is 5.74. The van der Waals surface area contributed by atoms with Crippen LogP contribution >= 0.6 is 0 Å². The Kier molecular flexibility index (Phi) is 3.61. The molecule has 0 aliphatic heterocycles. The Morgan fingerprint density at radius 2 is 1.95 bits per heavy atom. The number of nitrogens with zero attached hydrogens (tertiary/aromatic N) is 1. The van der Waals surface area contributed by atoms with E-state index in [0.717, 1.165) is 0 Å². The van der Waals surface area contributed by atoms with E-state index < -0.39 is 4.92 Å². The first kappa shape index (κ1) is 12.8. The van der Waals surface area contributed by atoms with Gasteiger partial charge in [0.1, 0.15) is 17.2 Å². The Hall–Kier alpha value is -2.63. The quantitative estimate of drug-likeness (QED) is 0.503. The largest absolute Gasteiger partial charge is 0.393 e. The van der Waals surface area contributed by atoms with Gasteiger partial charge in [0, 0.05) is 12.1 Å². The molecule has 0 heterocycles. The number of halogens is 1. The molecule has 0 radical (unpaired) electrons. The van der Waals surface area contributed by atoms with E-state index in [4.69, 9.17) is 5.73 Å². The van der Waals surface area contributed by atoms with Crippen molar-refractivity contribution in [1.82, 2.24) is 0 Å². The fourth-order valence-electron chi connectivity index (χ4n) is 1.74.